The first-order valence-corrected chi connectivity index (χ1v) is 10.9. The third-order valence-electron chi connectivity index (χ3n) is 6.05. The number of esters is 1. The number of phenolic OH excluding ortho intramolecular Hbond substituents is 1. The van der Waals surface area contributed by atoms with Gasteiger partial charge < -0.3 is 14.6 Å². The fourth-order valence-electron chi connectivity index (χ4n) is 4.25. The van der Waals surface area contributed by atoms with Crippen LogP contribution < -0.4 is 0 Å². The Kier molecular flexibility index (Phi) is 6.36. The molecule has 6 nitrogen and oxygen atoms in total. The number of aryl methyl sites for hydroxylation is 1. The fraction of sp³-hybridized carbons (Fsp3) is 0.259. The van der Waals surface area contributed by atoms with E-state index < -0.39 is 0 Å². The normalized spacial score (nSPS) is 17.7. The minimum absolute atomic E-state index is 0.105. The summed E-state index contributed by atoms with van der Waals surface area (Å²) in [6.07, 6.45) is -0.602. The highest BCUT2D eigenvalue weighted by Gasteiger charge is 2.39. The van der Waals surface area contributed by atoms with Crippen molar-refractivity contribution in [3.05, 3.63) is 89.0 Å². The average molecular weight is 446 g/mol. The van der Waals surface area contributed by atoms with Gasteiger partial charge in [0.25, 0.3) is 0 Å². The summed E-state index contributed by atoms with van der Waals surface area (Å²) >= 11 is 0. The molecule has 2 atom stereocenters. The molecule has 4 rings (SSSR count). The summed E-state index contributed by atoms with van der Waals surface area (Å²) in [7, 11) is 1.35. The van der Waals surface area contributed by atoms with E-state index in [-0.39, 0.29) is 36.4 Å². The Morgan fingerprint density at radius 1 is 1.06 bits per heavy atom. The maximum atomic E-state index is 12.8. The molecule has 1 N–H and O–H groups in total. The number of benzene rings is 3. The maximum Gasteiger partial charge on any atom is 0.411 e. The molecule has 6 heteroatoms. The van der Waals surface area contributed by atoms with Crippen LogP contribution in [0.15, 0.2) is 66.7 Å². The molecule has 0 spiro atoms. The molecule has 1 heterocycles. The van der Waals surface area contributed by atoms with Gasteiger partial charge in [0.15, 0.2) is 0 Å². The molecule has 0 saturated carbocycles. The van der Waals surface area contributed by atoms with E-state index in [2.05, 4.69) is 0 Å². The molecule has 0 aliphatic carbocycles. The number of cyclic esters (lactones) is 1. The molecule has 1 aliphatic heterocycles. The summed E-state index contributed by atoms with van der Waals surface area (Å²) in [5.41, 5.74) is 5.02. The first kappa shape index (κ1) is 22.4. The van der Waals surface area contributed by atoms with E-state index in [1.807, 2.05) is 62.4 Å². The number of phenols is 1. The zero-order chi connectivity index (χ0) is 23.5. The number of amides is 1. The smallest absolute Gasteiger partial charge is 0.411 e. The molecule has 3 aromatic rings. The van der Waals surface area contributed by atoms with E-state index in [4.69, 9.17) is 9.47 Å². The van der Waals surface area contributed by atoms with E-state index in [1.54, 1.807) is 23.1 Å². The minimum Gasteiger partial charge on any atom is -0.507 e. The van der Waals surface area contributed by atoms with Gasteiger partial charge in [-0.05, 0) is 48.2 Å². The predicted octanol–water partition coefficient (Wildman–Crippen LogP) is 5.17. The number of aromatic hydroxyl groups is 1. The standard InChI is InChI=1S/C27H27NO5/c1-17-9-11-22(23-14-19(10-12-24(23)29)15-25(30)32-3)21(13-17)16-28-18(2)26(33-27(28)31)20-7-5-4-6-8-20/h4-14,18,26,29H,15-16H2,1-3H3/t18-,26-/m0/s1. The largest absolute Gasteiger partial charge is 0.507 e. The van der Waals surface area contributed by atoms with E-state index in [1.165, 1.54) is 7.11 Å². The van der Waals surface area contributed by atoms with Crippen LogP contribution in [-0.4, -0.2) is 35.2 Å². The van der Waals surface area contributed by atoms with Crippen molar-refractivity contribution >= 4 is 12.1 Å². The lowest BCUT2D eigenvalue weighted by Gasteiger charge is -2.23. The van der Waals surface area contributed by atoms with Gasteiger partial charge in [0, 0.05) is 5.56 Å². The Morgan fingerprint density at radius 3 is 2.55 bits per heavy atom. The topological polar surface area (TPSA) is 76.1 Å². The molecule has 1 amide bonds. The number of carbonyl (C=O) groups excluding carboxylic acids is 2. The van der Waals surface area contributed by atoms with Crippen molar-refractivity contribution in [2.24, 2.45) is 0 Å². The lowest BCUT2D eigenvalue weighted by molar-refractivity contribution is -0.139. The van der Waals surface area contributed by atoms with Crippen LogP contribution in [0.2, 0.25) is 0 Å². The van der Waals surface area contributed by atoms with Gasteiger partial charge in [0.2, 0.25) is 0 Å². The minimum atomic E-state index is -0.368. The van der Waals surface area contributed by atoms with Crippen molar-refractivity contribution in [3.8, 4) is 16.9 Å². The average Bonchev–Trinajstić information content (AvgIpc) is 3.09. The SMILES string of the molecule is COC(=O)Cc1ccc(O)c(-c2ccc(C)cc2CN2C(=O)O[C@H](c3ccccc3)[C@@H]2C)c1. The summed E-state index contributed by atoms with van der Waals surface area (Å²) in [5.74, 6) is -0.246. The second-order valence-corrected chi connectivity index (χ2v) is 8.35. The van der Waals surface area contributed by atoms with Crippen LogP contribution in [0, 0.1) is 6.92 Å². The van der Waals surface area contributed by atoms with Crippen LogP contribution in [0.1, 0.15) is 35.3 Å². The van der Waals surface area contributed by atoms with Crippen molar-refractivity contribution in [1.29, 1.82) is 0 Å². The van der Waals surface area contributed by atoms with E-state index >= 15 is 0 Å². The van der Waals surface area contributed by atoms with Crippen LogP contribution in [0.25, 0.3) is 11.1 Å². The van der Waals surface area contributed by atoms with Gasteiger partial charge in [0.1, 0.15) is 11.9 Å². The highest BCUT2D eigenvalue weighted by atomic mass is 16.6. The number of nitrogens with zero attached hydrogens (tertiary/aromatic N) is 1. The molecular formula is C27H27NO5. The summed E-state index contributed by atoms with van der Waals surface area (Å²) in [4.78, 5) is 26.2. The van der Waals surface area contributed by atoms with Gasteiger partial charge in [-0.3, -0.25) is 9.69 Å². The lowest BCUT2D eigenvalue weighted by Crippen LogP contribution is -2.31. The Bertz CT molecular complexity index is 1170. The zero-order valence-electron chi connectivity index (χ0n) is 18.9. The first-order chi connectivity index (χ1) is 15.9. The second kappa shape index (κ2) is 9.36. The number of rotatable bonds is 6. The molecule has 1 fully saturated rings. The first-order valence-electron chi connectivity index (χ1n) is 10.9. The Labute approximate surface area is 193 Å². The van der Waals surface area contributed by atoms with Gasteiger partial charge in [-0.25, -0.2) is 4.79 Å². The molecule has 170 valence electrons. The van der Waals surface area contributed by atoms with Crippen LogP contribution in [0.5, 0.6) is 5.75 Å². The van der Waals surface area contributed by atoms with Crippen LogP contribution in [0.4, 0.5) is 4.79 Å². The van der Waals surface area contributed by atoms with Crippen LogP contribution in [-0.2, 0) is 27.2 Å². The third kappa shape index (κ3) is 4.70. The van der Waals surface area contributed by atoms with Gasteiger partial charge in [-0.15, -0.1) is 0 Å². The Balaban J connectivity index is 1.67. The predicted molar refractivity (Wildman–Crippen MR) is 125 cm³/mol. The Hall–Kier alpha value is -3.80. The molecule has 1 saturated heterocycles. The Morgan fingerprint density at radius 2 is 1.82 bits per heavy atom. The summed E-state index contributed by atoms with van der Waals surface area (Å²) < 4.78 is 10.5. The quantitative estimate of drug-likeness (QED) is 0.530. The lowest BCUT2D eigenvalue weighted by atomic mass is 9.94. The molecular weight excluding hydrogens is 418 g/mol. The van der Waals surface area contributed by atoms with Gasteiger partial charge in [-0.1, -0.05) is 60.2 Å². The van der Waals surface area contributed by atoms with Gasteiger partial charge in [-0.2, -0.15) is 0 Å². The molecule has 0 aromatic heterocycles. The molecule has 0 unspecified atom stereocenters. The molecule has 0 radical (unpaired) electrons. The molecule has 1 aliphatic rings. The molecule has 33 heavy (non-hydrogen) atoms. The summed E-state index contributed by atoms with van der Waals surface area (Å²) in [6, 6.07) is 20.5. The number of hydrogen-bond acceptors (Lipinski definition) is 5. The monoisotopic (exact) mass is 445 g/mol. The van der Waals surface area contributed by atoms with E-state index in [9.17, 15) is 14.7 Å². The molecule has 0 bridgehead atoms. The zero-order valence-corrected chi connectivity index (χ0v) is 18.9. The molecule has 3 aromatic carbocycles. The van der Waals surface area contributed by atoms with E-state index in [0.717, 1.165) is 27.8 Å². The highest BCUT2D eigenvalue weighted by Crippen LogP contribution is 2.37. The highest BCUT2D eigenvalue weighted by molar-refractivity contribution is 5.78. The van der Waals surface area contributed by atoms with Crippen LogP contribution in [0.3, 0.4) is 0 Å². The second-order valence-electron chi connectivity index (χ2n) is 8.35. The summed E-state index contributed by atoms with van der Waals surface area (Å²) in [5, 5.41) is 10.6. The van der Waals surface area contributed by atoms with Crippen molar-refractivity contribution in [3.63, 3.8) is 0 Å². The fourth-order valence-corrected chi connectivity index (χ4v) is 4.25. The summed E-state index contributed by atoms with van der Waals surface area (Å²) in [6.45, 7) is 4.30. The number of hydrogen-bond donors (Lipinski definition) is 1. The number of methoxy groups -OCH3 is 1. The van der Waals surface area contributed by atoms with Crippen LogP contribution >= 0.6 is 0 Å². The van der Waals surface area contributed by atoms with E-state index in [0.29, 0.717) is 12.1 Å². The number of ether oxygens (including phenoxy) is 2. The third-order valence-corrected chi connectivity index (χ3v) is 6.05. The van der Waals surface area contributed by atoms with Gasteiger partial charge >= 0.3 is 12.1 Å². The van der Waals surface area contributed by atoms with Crippen molar-refractivity contribution in [1.82, 2.24) is 4.90 Å². The maximum absolute atomic E-state index is 12.8. The number of carbonyl (C=O) groups is 2. The van der Waals surface area contributed by atoms with Gasteiger partial charge in [0.05, 0.1) is 26.1 Å². The van der Waals surface area contributed by atoms with Crippen molar-refractivity contribution in [2.75, 3.05) is 7.11 Å². The van der Waals surface area contributed by atoms with Crippen molar-refractivity contribution < 1.29 is 24.2 Å². The van der Waals surface area contributed by atoms with Crippen molar-refractivity contribution in [2.45, 2.75) is 39.0 Å².